The minimum atomic E-state index is -4.37. The average Bonchev–Trinajstić information content (AvgIpc) is 2.86. The van der Waals surface area contributed by atoms with Gasteiger partial charge in [-0.05, 0) is 36.2 Å². The molecule has 0 fully saturated rings. The zero-order valence-corrected chi connectivity index (χ0v) is 18.9. The first-order valence-electron chi connectivity index (χ1n) is 11.2. The summed E-state index contributed by atoms with van der Waals surface area (Å²) >= 11 is 0. The van der Waals surface area contributed by atoms with Crippen LogP contribution in [-0.4, -0.2) is 44.6 Å². The van der Waals surface area contributed by atoms with E-state index in [4.69, 9.17) is 19.0 Å². The number of hydrogen-bond acceptors (Lipinski definition) is 6. The standard InChI is InChI=1S/C25H25F3N2O5/c26-25(27,28)19-3-1-18(2-4-19)15-35-30-22-9-12-33-23-13-20(5-6-21(22)23)34-16-24(31)29-14-17-7-10-32-11-8-17/h1-7,13H,8-12,14-16H2,(H,29,31)/b30-22+. The van der Waals surface area contributed by atoms with Crippen LogP contribution in [0.4, 0.5) is 13.2 Å². The van der Waals surface area contributed by atoms with Gasteiger partial charge in [0.1, 0.15) is 18.1 Å². The van der Waals surface area contributed by atoms with Crippen LogP contribution in [0.5, 0.6) is 11.5 Å². The molecule has 186 valence electrons. The van der Waals surface area contributed by atoms with E-state index in [1.165, 1.54) is 12.1 Å². The number of oxime groups is 1. The molecule has 1 N–H and O–H groups in total. The number of carbonyl (C=O) groups excluding carboxylic acids is 1. The van der Waals surface area contributed by atoms with Gasteiger partial charge in [-0.1, -0.05) is 28.9 Å². The summed E-state index contributed by atoms with van der Waals surface area (Å²) in [6.07, 6.45) is -1.08. The Kier molecular flexibility index (Phi) is 7.91. The van der Waals surface area contributed by atoms with Crippen molar-refractivity contribution in [2.75, 3.05) is 33.0 Å². The predicted molar refractivity (Wildman–Crippen MR) is 121 cm³/mol. The van der Waals surface area contributed by atoms with E-state index in [0.29, 0.717) is 55.6 Å². The Balaban J connectivity index is 1.29. The summed E-state index contributed by atoms with van der Waals surface area (Å²) in [7, 11) is 0. The monoisotopic (exact) mass is 490 g/mol. The second-order valence-corrected chi connectivity index (χ2v) is 8.02. The van der Waals surface area contributed by atoms with Crippen LogP contribution in [0.2, 0.25) is 0 Å². The van der Waals surface area contributed by atoms with Gasteiger partial charge in [0.25, 0.3) is 5.91 Å². The van der Waals surface area contributed by atoms with Gasteiger partial charge in [-0.3, -0.25) is 4.79 Å². The van der Waals surface area contributed by atoms with Crippen LogP contribution in [0, 0.1) is 0 Å². The van der Waals surface area contributed by atoms with Crippen LogP contribution >= 0.6 is 0 Å². The zero-order chi connectivity index (χ0) is 24.7. The van der Waals surface area contributed by atoms with E-state index in [2.05, 4.69) is 10.5 Å². The highest BCUT2D eigenvalue weighted by Gasteiger charge is 2.30. The first-order chi connectivity index (χ1) is 16.9. The van der Waals surface area contributed by atoms with Crippen LogP contribution in [0.25, 0.3) is 0 Å². The van der Waals surface area contributed by atoms with Gasteiger partial charge in [0.05, 0.1) is 31.1 Å². The molecule has 2 aliphatic rings. The highest BCUT2D eigenvalue weighted by Crippen LogP contribution is 2.30. The first kappa shape index (κ1) is 24.6. The molecule has 35 heavy (non-hydrogen) atoms. The molecule has 2 heterocycles. The number of alkyl halides is 3. The van der Waals surface area contributed by atoms with Crippen molar-refractivity contribution in [3.63, 3.8) is 0 Å². The average molecular weight is 490 g/mol. The fourth-order valence-corrected chi connectivity index (χ4v) is 3.55. The lowest BCUT2D eigenvalue weighted by Gasteiger charge is -2.19. The number of ether oxygens (including phenoxy) is 3. The van der Waals surface area contributed by atoms with Crippen LogP contribution < -0.4 is 14.8 Å². The van der Waals surface area contributed by atoms with Gasteiger partial charge in [-0.15, -0.1) is 0 Å². The summed E-state index contributed by atoms with van der Waals surface area (Å²) in [6.45, 7) is 2.02. The Morgan fingerprint density at radius 3 is 2.66 bits per heavy atom. The van der Waals surface area contributed by atoms with Gasteiger partial charge in [0, 0.05) is 24.6 Å². The third kappa shape index (κ3) is 6.98. The Hall–Kier alpha value is -3.53. The fraction of sp³-hybridized carbons (Fsp3) is 0.360. The van der Waals surface area contributed by atoms with Gasteiger partial charge in [-0.25, -0.2) is 0 Å². The normalized spacial score (nSPS) is 16.7. The topological polar surface area (TPSA) is 78.4 Å². The minimum absolute atomic E-state index is 0.0397. The largest absolute Gasteiger partial charge is 0.492 e. The molecule has 0 atom stereocenters. The molecule has 7 nitrogen and oxygen atoms in total. The lowest BCUT2D eigenvalue weighted by Crippen LogP contribution is -2.31. The summed E-state index contributed by atoms with van der Waals surface area (Å²) in [5.41, 5.74) is 2.39. The molecule has 10 heteroatoms. The molecule has 0 unspecified atom stereocenters. The Morgan fingerprint density at radius 1 is 1.09 bits per heavy atom. The number of halogens is 3. The number of hydrogen-bond donors (Lipinski definition) is 1. The van der Waals surface area contributed by atoms with Crippen molar-refractivity contribution < 1.29 is 37.0 Å². The van der Waals surface area contributed by atoms with Crippen molar-refractivity contribution >= 4 is 11.6 Å². The van der Waals surface area contributed by atoms with Gasteiger partial charge >= 0.3 is 6.18 Å². The second-order valence-electron chi connectivity index (χ2n) is 8.02. The molecule has 0 saturated carbocycles. The molecule has 2 aromatic rings. The second kappa shape index (κ2) is 11.3. The summed E-state index contributed by atoms with van der Waals surface area (Å²) in [5.74, 6) is 0.810. The number of fused-ring (bicyclic) bond motifs is 1. The third-order valence-electron chi connectivity index (χ3n) is 5.49. The molecule has 0 aliphatic carbocycles. The van der Waals surface area contributed by atoms with E-state index in [-0.39, 0.29) is 19.1 Å². The Bertz CT molecular complexity index is 1100. The molecule has 2 aliphatic heterocycles. The quantitative estimate of drug-likeness (QED) is 0.442. The van der Waals surface area contributed by atoms with E-state index in [1.54, 1.807) is 18.2 Å². The number of nitrogens with zero attached hydrogens (tertiary/aromatic N) is 1. The number of benzene rings is 2. The van der Waals surface area contributed by atoms with Crippen LogP contribution in [-0.2, 0) is 27.2 Å². The third-order valence-corrected chi connectivity index (χ3v) is 5.49. The van der Waals surface area contributed by atoms with Crippen LogP contribution in [0.1, 0.15) is 29.5 Å². The first-order valence-corrected chi connectivity index (χ1v) is 11.2. The van der Waals surface area contributed by atoms with Crippen LogP contribution in [0.15, 0.2) is 59.3 Å². The van der Waals surface area contributed by atoms with Crippen molar-refractivity contribution in [3.8, 4) is 11.5 Å². The molecule has 0 aromatic heterocycles. The smallest absolute Gasteiger partial charge is 0.416 e. The van der Waals surface area contributed by atoms with Crippen molar-refractivity contribution in [3.05, 3.63) is 70.8 Å². The molecular weight excluding hydrogens is 465 g/mol. The molecule has 0 radical (unpaired) electrons. The van der Waals surface area contributed by atoms with E-state index in [1.807, 2.05) is 6.08 Å². The maximum Gasteiger partial charge on any atom is 0.416 e. The van der Waals surface area contributed by atoms with E-state index < -0.39 is 11.7 Å². The maximum absolute atomic E-state index is 12.7. The van der Waals surface area contributed by atoms with Gasteiger partial charge in [0.2, 0.25) is 0 Å². The van der Waals surface area contributed by atoms with E-state index >= 15 is 0 Å². The molecule has 0 spiro atoms. The Morgan fingerprint density at radius 2 is 1.91 bits per heavy atom. The SMILES string of the molecule is O=C(COc1ccc2c(c1)OCC/C2=N\OCc1ccc(C(F)(F)F)cc1)NCC1=CCOCC1. The number of rotatable bonds is 8. The summed E-state index contributed by atoms with van der Waals surface area (Å²) in [6, 6.07) is 9.93. The highest BCUT2D eigenvalue weighted by atomic mass is 19.4. The van der Waals surface area contributed by atoms with E-state index in [0.717, 1.165) is 29.7 Å². The lowest BCUT2D eigenvalue weighted by molar-refractivity contribution is -0.137. The molecule has 1 amide bonds. The van der Waals surface area contributed by atoms with Gasteiger partial charge in [0.15, 0.2) is 6.61 Å². The van der Waals surface area contributed by atoms with Crippen molar-refractivity contribution in [1.82, 2.24) is 5.32 Å². The number of carbonyl (C=O) groups is 1. The van der Waals surface area contributed by atoms with Gasteiger partial charge < -0.3 is 24.4 Å². The zero-order valence-electron chi connectivity index (χ0n) is 18.9. The molecule has 0 saturated heterocycles. The molecule has 0 bridgehead atoms. The summed E-state index contributed by atoms with van der Waals surface area (Å²) in [5, 5.41) is 6.99. The fourth-order valence-electron chi connectivity index (χ4n) is 3.55. The van der Waals surface area contributed by atoms with Crippen molar-refractivity contribution in [1.29, 1.82) is 0 Å². The molecular formula is C25H25F3N2O5. The van der Waals surface area contributed by atoms with E-state index in [9.17, 15) is 18.0 Å². The van der Waals surface area contributed by atoms with Crippen molar-refractivity contribution in [2.24, 2.45) is 5.16 Å². The summed E-state index contributed by atoms with van der Waals surface area (Å²) in [4.78, 5) is 17.5. The maximum atomic E-state index is 12.7. The highest BCUT2D eigenvalue weighted by molar-refractivity contribution is 6.03. The molecule has 2 aromatic carbocycles. The van der Waals surface area contributed by atoms with Gasteiger partial charge in [-0.2, -0.15) is 13.2 Å². The minimum Gasteiger partial charge on any atom is -0.492 e. The predicted octanol–water partition coefficient (Wildman–Crippen LogP) is 4.25. The number of nitrogens with one attached hydrogen (secondary N) is 1. The molecule has 4 rings (SSSR count). The Labute approximate surface area is 200 Å². The lowest BCUT2D eigenvalue weighted by atomic mass is 10.0. The number of amides is 1. The van der Waals surface area contributed by atoms with Crippen LogP contribution in [0.3, 0.4) is 0 Å². The van der Waals surface area contributed by atoms with Crippen molar-refractivity contribution in [2.45, 2.75) is 25.6 Å². The summed E-state index contributed by atoms with van der Waals surface area (Å²) < 4.78 is 54.6.